The van der Waals surface area contributed by atoms with Crippen molar-refractivity contribution in [3.05, 3.63) is 0 Å². The molecule has 2 atom stereocenters. The van der Waals surface area contributed by atoms with E-state index >= 15 is 0 Å². The van der Waals surface area contributed by atoms with Crippen LogP contribution in [0.5, 0.6) is 0 Å². The van der Waals surface area contributed by atoms with Gasteiger partial charge in [-0.3, -0.25) is 10.6 Å². The topological polar surface area (TPSA) is 24.1 Å². The monoisotopic (exact) mass is 186 g/mol. The summed E-state index contributed by atoms with van der Waals surface area (Å²) < 4.78 is 0.225. The maximum absolute atomic E-state index is 4.69. The molecule has 0 aromatic carbocycles. The maximum atomic E-state index is 4.69. The Hall–Kier alpha value is 0.270. The van der Waals surface area contributed by atoms with Crippen LogP contribution in [-0.2, 0) is 0 Å². The highest BCUT2D eigenvalue weighted by molar-refractivity contribution is 7.81. The number of piperidine rings is 1. The molecule has 12 heavy (non-hydrogen) atoms. The van der Waals surface area contributed by atoms with Gasteiger partial charge in [0.25, 0.3) is 0 Å². The Morgan fingerprint density at radius 3 is 2.50 bits per heavy atom. The molecule has 2 saturated heterocycles. The first kappa shape index (κ1) is 8.85. The molecule has 3 heteroatoms. The first-order chi connectivity index (χ1) is 5.62. The van der Waals surface area contributed by atoms with Gasteiger partial charge in [0, 0.05) is 4.75 Å². The van der Waals surface area contributed by atoms with E-state index in [0.717, 1.165) is 19.5 Å². The summed E-state index contributed by atoms with van der Waals surface area (Å²) in [7, 11) is 0. The van der Waals surface area contributed by atoms with Gasteiger partial charge in [0.05, 0.1) is 5.66 Å². The van der Waals surface area contributed by atoms with E-state index in [-0.39, 0.29) is 10.4 Å². The zero-order chi connectivity index (χ0) is 8.66. The zero-order valence-electron chi connectivity index (χ0n) is 7.69. The van der Waals surface area contributed by atoms with Gasteiger partial charge in [0.15, 0.2) is 0 Å². The fraction of sp³-hybridized carbons (Fsp3) is 1.00. The summed E-state index contributed by atoms with van der Waals surface area (Å²) in [5.41, 5.74) is 0.231. The van der Waals surface area contributed by atoms with Gasteiger partial charge in [-0.1, -0.05) is 6.92 Å². The quantitative estimate of drug-likeness (QED) is 0.494. The molecule has 0 aromatic rings. The second-order valence-corrected chi connectivity index (χ2v) is 5.54. The first-order valence-corrected chi connectivity index (χ1v) is 5.29. The number of nitrogens with one attached hydrogen (secondary N) is 2. The van der Waals surface area contributed by atoms with Gasteiger partial charge in [-0.05, 0) is 38.8 Å². The Balaban J connectivity index is 2.07. The highest BCUT2D eigenvalue weighted by atomic mass is 32.1. The molecule has 1 spiro atoms. The largest absolute Gasteiger partial charge is 0.299 e. The van der Waals surface area contributed by atoms with Crippen LogP contribution in [0.2, 0.25) is 0 Å². The van der Waals surface area contributed by atoms with Crippen molar-refractivity contribution < 1.29 is 0 Å². The molecule has 0 radical (unpaired) electrons. The molecule has 2 rings (SSSR count). The van der Waals surface area contributed by atoms with E-state index in [1.165, 1.54) is 19.3 Å². The van der Waals surface area contributed by atoms with Crippen molar-refractivity contribution in [2.75, 3.05) is 13.1 Å². The second kappa shape index (κ2) is 2.89. The minimum absolute atomic E-state index is 0.225. The predicted molar refractivity (Wildman–Crippen MR) is 54.6 cm³/mol. The Labute approximate surface area is 79.9 Å². The molecule has 70 valence electrons. The highest BCUT2D eigenvalue weighted by Gasteiger charge is 2.41. The molecule has 0 bridgehead atoms. The van der Waals surface area contributed by atoms with Crippen molar-refractivity contribution in [3.63, 3.8) is 0 Å². The van der Waals surface area contributed by atoms with E-state index in [1.807, 2.05) is 0 Å². The summed E-state index contributed by atoms with van der Waals surface area (Å²) in [4.78, 5) is 0. The molecule has 2 unspecified atom stereocenters. The zero-order valence-corrected chi connectivity index (χ0v) is 8.58. The lowest BCUT2D eigenvalue weighted by atomic mass is 9.87. The Morgan fingerprint density at radius 2 is 1.92 bits per heavy atom. The average molecular weight is 186 g/mol. The van der Waals surface area contributed by atoms with E-state index in [9.17, 15) is 0 Å². The van der Waals surface area contributed by atoms with Crippen LogP contribution in [-0.4, -0.2) is 23.5 Å². The molecular weight excluding hydrogens is 168 g/mol. The van der Waals surface area contributed by atoms with Crippen LogP contribution in [0.1, 0.15) is 32.6 Å². The summed E-state index contributed by atoms with van der Waals surface area (Å²) in [6, 6.07) is 0. The minimum atomic E-state index is 0.225. The number of hydrogen-bond acceptors (Lipinski definition) is 3. The van der Waals surface area contributed by atoms with Crippen LogP contribution < -0.4 is 10.6 Å². The van der Waals surface area contributed by atoms with Crippen molar-refractivity contribution in [1.82, 2.24) is 10.6 Å². The summed E-state index contributed by atoms with van der Waals surface area (Å²) in [5.74, 6) is 0. The van der Waals surface area contributed by atoms with Crippen molar-refractivity contribution >= 4 is 12.6 Å². The highest BCUT2D eigenvalue weighted by Crippen LogP contribution is 2.35. The van der Waals surface area contributed by atoms with E-state index in [0.29, 0.717) is 0 Å². The predicted octanol–water partition coefficient (Wildman–Crippen LogP) is 1.14. The van der Waals surface area contributed by atoms with Crippen molar-refractivity contribution in [2.45, 2.75) is 43.0 Å². The Kier molecular flexibility index (Phi) is 2.13. The molecule has 0 saturated carbocycles. The van der Waals surface area contributed by atoms with Crippen LogP contribution in [0.15, 0.2) is 0 Å². The third-order valence-electron chi connectivity index (χ3n) is 3.05. The van der Waals surface area contributed by atoms with Gasteiger partial charge in [0.1, 0.15) is 0 Å². The van der Waals surface area contributed by atoms with Crippen LogP contribution in [0, 0.1) is 0 Å². The normalized spacial score (nSPS) is 48.5. The molecule has 2 aliphatic rings. The first-order valence-electron chi connectivity index (χ1n) is 4.84. The van der Waals surface area contributed by atoms with E-state index in [1.54, 1.807) is 0 Å². The maximum Gasteiger partial charge on any atom is 0.0700 e. The minimum Gasteiger partial charge on any atom is -0.299 e. The van der Waals surface area contributed by atoms with Gasteiger partial charge >= 0.3 is 0 Å². The molecule has 0 aliphatic carbocycles. The van der Waals surface area contributed by atoms with Gasteiger partial charge in [-0.15, -0.1) is 0 Å². The van der Waals surface area contributed by atoms with Crippen LogP contribution in [0.4, 0.5) is 0 Å². The summed E-state index contributed by atoms with van der Waals surface area (Å²) in [6.07, 6.45) is 4.91. The van der Waals surface area contributed by atoms with Gasteiger partial charge in [0.2, 0.25) is 0 Å². The van der Waals surface area contributed by atoms with Gasteiger partial charge < -0.3 is 0 Å². The molecule has 0 aromatic heterocycles. The smallest absolute Gasteiger partial charge is 0.0700 e. The summed E-state index contributed by atoms with van der Waals surface area (Å²) in [6.45, 7) is 4.52. The molecule has 2 heterocycles. The number of rotatable bonds is 0. The fourth-order valence-corrected chi connectivity index (χ4v) is 2.86. The van der Waals surface area contributed by atoms with Gasteiger partial charge in [-0.25, -0.2) is 0 Å². The lowest BCUT2D eigenvalue weighted by molar-refractivity contribution is 0.203. The molecule has 2 N–H and O–H groups in total. The summed E-state index contributed by atoms with van der Waals surface area (Å²) >= 11 is 4.69. The lowest BCUT2D eigenvalue weighted by Gasteiger charge is -2.43. The SMILES string of the molecule is CC1(S)CCNC2(CCCN2)C1. The molecular formula is C9H18N2S. The Bertz CT molecular complexity index is 173. The van der Waals surface area contributed by atoms with Gasteiger partial charge in [-0.2, -0.15) is 12.6 Å². The second-order valence-electron chi connectivity index (χ2n) is 4.46. The molecule has 0 amide bonds. The molecule has 2 aliphatic heterocycles. The van der Waals surface area contributed by atoms with Crippen molar-refractivity contribution in [1.29, 1.82) is 0 Å². The van der Waals surface area contributed by atoms with Crippen LogP contribution >= 0.6 is 12.6 Å². The Morgan fingerprint density at radius 1 is 1.17 bits per heavy atom. The van der Waals surface area contributed by atoms with Crippen molar-refractivity contribution in [2.24, 2.45) is 0 Å². The van der Waals surface area contributed by atoms with Crippen molar-refractivity contribution in [3.8, 4) is 0 Å². The van der Waals surface area contributed by atoms with E-state index < -0.39 is 0 Å². The molecule has 2 fully saturated rings. The van der Waals surface area contributed by atoms with E-state index in [4.69, 9.17) is 0 Å². The molecule has 2 nitrogen and oxygen atoms in total. The van der Waals surface area contributed by atoms with Crippen LogP contribution in [0.3, 0.4) is 0 Å². The lowest BCUT2D eigenvalue weighted by Crippen LogP contribution is -2.60. The fourth-order valence-electron chi connectivity index (χ4n) is 2.48. The third-order valence-corrected chi connectivity index (χ3v) is 3.44. The number of thiol groups is 1. The standard InChI is InChI=1S/C9H18N2S/c1-8(12)4-6-11-9(7-8)3-2-5-10-9/h10-12H,2-7H2,1H3. The van der Waals surface area contributed by atoms with E-state index in [2.05, 4.69) is 30.2 Å². The number of hydrogen-bond donors (Lipinski definition) is 3. The average Bonchev–Trinajstić information content (AvgIpc) is 2.34. The summed E-state index contributed by atoms with van der Waals surface area (Å²) in [5, 5.41) is 7.16. The third kappa shape index (κ3) is 1.63. The van der Waals surface area contributed by atoms with Crippen LogP contribution in [0.25, 0.3) is 0 Å².